The van der Waals surface area contributed by atoms with E-state index >= 15 is 0 Å². The van der Waals surface area contributed by atoms with Gasteiger partial charge in [-0.25, -0.2) is 0 Å². The van der Waals surface area contributed by atoms with E-state index in [1.54, 1.807) is 0 Å². The molecule has 21 heavy (non-hydrogen) atoms. The van der Waals surface area contributed by atoms with Crippen molar-refractivity contribution in [2.45, 2.75) is 78.1 Å². The van der Waals surface area contributed by atoms with Crippen LogP contribution in [-0.2, 0) is 0 Å². The van der Waals surface area contributed by atoms with E-state index in [-0.39, 0.29) is 0 Å². The summed E-state index contributed by atoms with van der Waals surface area (Å²) in [6.45, 7) is 5.50. The van der Waals surface area contributed by atoms with Gasteiger partial charge in [0.1, 0.15) is 0 Å². The Balaban J connectivity index is 1.94. The van der Waals surface area contributed by atoms with E-state index in [0.717, 1.165) is 6.54 Å². The summed E-state index contributed by atoms with van der Waals surface area (Å²) in [6.07, 6.45) is 14.0. The quantitative estimate of drug-likeness (QED) is 0.395. The lowest BCUT2D eigenvalue weighted by molar-refractivity contribution is 0.560. The Morgan fingerprint density at radius 2 is 1.43 bits per heavy atom. The van der Waals surface area contributed by atoms with Crippen molar-refractivity contribution in [2.75, 3.05) is 11.9 Å². The molecule has 0 aromatic heterocycles. The van der Waals surface area contributed by atoms with Crippen LogP contribution >= 0.6 is 15.9 Å². The van der Waals surface area contributed by atoms with Crippen LogP contribution in [0, 0.1) is 6.92 Å². The molecule has 0 aliphatic carbocycles. The highest BCUT2D eigenvalue weighted by molar-refractivity contribution is 9.10. The van der Waals surface area contributed by atoms with Gasteiger partial charge < -0.3 is 5.32 Å². The average Bonchev–Trinajstić information content (AvgIpc) is 2.49. The number of hydrogen-bond acceptors (Lipinski definition) is 1. The summed E-state index contributed by atoms with van der Waals surface area (Å²) in [5.41, 5.74) is 2.52. The van der Waals surface area contributed by atoms with Crippen LogP contribution in [-0.4, -0.2) is 6.54 Å². The number of aryl methyl sites for hydroxylation is 1. The second-order valence-corrected chi connectivity index (χ2v) is 6.84. The summed E-state index contributed by atoms with van der Waals surface area (Å²) >= 11 is 3.65. The largest absolute Gasteiger partial charge is 0.384 e. The summed E-state index contributed by atoms with van der Waals surface area (Å²) in [7, 11) is 0. The Kier molecular flexibility index (Phi) is 10.7. The maximum absolute atomic E-state index is 3.65. The van der Waals surface area contributed by atoms with Crippen LogP contribution in [0.4, 0.5) is 5.69 Å². The molecule has 0 spiro atoms. The Morgan fingerprint density at radius 1 is 0.857 bits per heavy atom. The first-order valence-corrected chi connectivity index (χ1v) is 9.54. The monoisotopic (exact) mass is 353 g/mol. The lowest BCUT2D eigenvalue weighted by Crippen LogP contribution is -2.02. The van der Waals surface area contributed by atoms with E-state index < -0.39 is 0 Å². The highest BCUT2D eigenvalue weighted by Gasteiger charge is 2.00. The molecule has 1 rings (SSSR count). The zero-order valence-corrected chi connectivity index (χ0v) is 15.5. The molecule has 120 valence electrons. The van der Waals surface area contributed by atoms with Crippen molar-refractivity contribution in [2.24, 2.45) is 0 Å². The number of nitrogens with one attached hydrogen (secondary N) is 1. The molecule has 0 aliphatic heterocycles. The molecule has 0 fully saturated rings. The predicted molar refractivity (Wildman–Crippen MR) is 99.2 cm³/mol. The van der Waals surface area contributed by atoms with Gasteiger partial charge in [-0.1, -0.05) is 76.8 Å². The van der Waals surface area contributed by atoms with Gasteiger partial charge >= 0.3 is 0 Å². The first-order chi connectivity index (χ1) is 10.3. The first kappa shape index (κ1) is 18.5. The van der Waals surface area contributed by atoms with Gasteiger partial charge in [0.2, 0.25) is 0 Å². The van der Waals surface area contributed by atoms with Gasteiger partial charge in [-0.05, 0) is 40.9 Å². The Morgan fingerprint density at radius 3 is 2.05 bits per heavy atom. The topological polar surface area (TPSA) is 12.0 Å². The van der Waals surface area contributed by atoms with Crippen LogP contribution in [0.3, 0.4) is 0 Å². The zero-order valence-electron chi connectivity index (χ0n) is 13.9. The van der Waals surface area contributed by atoms with Gasteiger partial charge in [0.05, 0.1) is 0 Å². The van der Waals surface area contributed by atoms with Gasteiger partial charge in [0, 0.05) is 16.7 Å². The summed E-state index contributed by atoms with van der Waals surface area (Å²) in [4.78, 5) is 0. The van der Waals surface area contributed by atoms with Crippen LogP contribution in [0.1, 0.15) is 76.7 Å². The lowest BCUT2D eigenvalue weighted by Gasteiger charge is -2.10. The van der Waals surface area contributed by atoms with Crippen molar-refractivity contribution in [3.63, 3.8) is 0 Å². The number of unbranched alkanes of at least 4 members (excludes halogenated alkanes) is 9. The van der Waals surface area contributed by atoms with E-state index in [2.05, 4.69) is 53.3 Å². The molecule has 0 saturated carbocycles. The van der Waals surface area contributed by atoms with Crippen LogP contribution in [0.15, 0.2) is 22.7 Å². The highest BCUT2D eigenvalue weighted by Crippen LogP contribution is 2.25. The molecule has 0 aliphatic rings. The first-order valence-electron chi connectivity index (χ1n) is 8.74. The second kappa shape index (κ2) is 12.1. The van der Waals surface area contributed by atoms with Gasteiger partial charge in [-0.2, -0.15) is 0 Å². The van der Waals surface area contributed by atoms with E-state index in [4.69, 9.17) is 0 Å². The molecule has 1 N–H and O–H groups in total. The third kappa shape index (κ3) is 8.50. The van der Waals surface area contributed by atoms with Crippen molar-refractivity contribution in [3.8, 4) is 0 Å². The van der Waals surface area contributed by atoms with Gasteiger partial charge in [-0.15, -0.1) is 0 Å². The number of halogens is 1. The van der Waals surface area contributed by atoms with Crippen LogP contribution in [0.25, 0.3) is 0 Å². The fourth-order valence-electron chi connectivity index (χ4n) is 2.62. The molecule has 0 heterocycles. The minimum absolute atomic E-state index is 1.08. The highest BCUT2D eigenvalue weighted by atomic mass is 79.9. The maximum Gasteiger partial charge on any atom is 0.0487 e. The number of rotatable bonds is 12. The summed E-state index contributed by atoms with van der Waals surface area (Å²) < 4.78 is 1.21. The van der Waals surface area contributed by atoms with E-state index in [1.165, 1.54) is 79.9 Å². The molecule has 0 radical (unpaired) electrons. The summed E-state index contributed by atoms with van der Waals surface area (Å²) in [5, 5.41) is 3.53. The van der Waals surface area contributed by atoms with Crippen molar-refractivity contribution in [1.29, 1.82) is 0 Å². The normalized spacial score (nSPS) is 10.8. The number of benzene rings is 1. The number of hydrogen-bond donors (Lipinski definition) is 1. The minimum Gasteiger partial charge on any atom is -0.384 e. The molecule has 0 unspecified atom stereocenters. The minimum atomic E-state index is 1.08. The third-order valence-electron chi connectivity index (χ3n) is 4.04. The second-order valence-electron chi connectivity index (χ2n) is 6.05. The van der Waals surface area contributed by atoms with Crippen LogP contribution in [0.2, 0.25) is 0 Å². The molecule has 1 nitrogen and oxygen atoms in total. The molecule has 0 bridgehead atoms. The molecule has 1 aromatic carbocycles. The van der Waals surface area contributed by atoms with Gasteiger partial charge in [0.25, 0.3) is 0 Å². The smallest absolute Gasteiger partial charge is 0.0487 e. The molecule has 0 saturated heterocycles. The number of anilines is 1. The maximum atomic E-state index is 3.65. The van der Waals surface area contributed by atoms with Crippen molar-refractivity contribution in [1.82, 2.24) is 0 Å². The molecular formula is C19H32BrN. The SMILES string of the molecule is CCCCCCCCCCCCNc1cccc(C)c1Br. The Hall–Kier alpha value is -0.500. The molecule has 1 aromatic rings. The van der Waals surface area contributed by atoms with Gasteiger partial charge in [0.15, 0.2) is 0 Å². The molecule has 0 atom stereocenters. The Labute approximate surface area is 140 Å². The van der Waals surface area contributed by atoms with E-state index in [1.807, 2.05) is 0 Å². The summed E-state index contributed by atoms with van der Waals surface area (Å²) in [6, 6.07) is 6.39. The zero-order chi connectivity index (χ0) is 15.3. The summed E-state index contributed by atoms with van der Waals surface area (Å²) in [5.74, 6) is 0. The fraction of sp³-hybridized carbons (Fsp3) is 0.684. The van der Waals surface area contributed by atoms with Crippen LogP contribution < -0.4 is 5.32 Å². The average molecular weight is 354 g/mol. The Bertz CT molecular complexity index is 376. The predicted octanol–water partition coefficient (Wildman–Crippen LogP) is 7.09. The molecular weight excluding hydrogens is 322 g/mol. The molecule has 0 amide bonds. The van der Waals surface area contributed by atoms with Crippen molar-refractivity contribution < 1.29 is 0 Å². The standard InChI is InChI=1S/C19H32BrN/c1-3-4-5-6-7-8-9-10-11-12-16-21-18-15-13-14-17(2)19(18)20/h13-15,21H,3-12,16H2,1-2H3. The lowest BCUT2D eigenvalue weighted by atomic mass is 10.1. The van der Waals surface area contributed by atoms with Gasteiger partial charge in [-0.3, -0.25) is 0 Å². The van der Waals surface area contributed by atoms with E-state index in [9.17, 15) is 0 Å². The van der Waals surface area contributed by atoms with Crippen molar-refractivity contribution >= 4 is 21.6 Å². The fourth-order valence-corrected chi connectivity index (χ4v) is 3.02. The van der Waals surface area contributed by atoms with Crippen molar-refractivity contribution in [3.05, 3.63) is 28.2 Å². The third-order valence-corrected chi connectivity index (χ3v) is 5.09. The van der Waals surface area contributed by atoms with Crippen LogP contribution in [0.5, 0.6) is 0 Å². The van der Waals surface area contributed by atoms with E-state index in [0.29, 0.717) is 0 Å². The molecule has 2 heteroatoms.